The van der Waals surface area contributed by atoms with Crippen molar-refractivity contribution < 1.29 is 19.1 Å². The molecule has 0 aromatic carbocycles. The molecular weight excluding hydrogens is 352 g/mol. The van der Waals surface area contributed by atoms with Crippen LogP contribution >= 0.6 is 0 Å². The summed E-state index contributed by atoms with van der Waals surface area (Å²) in [7, 11) is 0. The third-order valence-corrected chi connectivity index (χ3v) is 5.19. The van der Waals surface area contributed by atoms with Gasteiger partial charge in [-0.25, -0.2) is 0 Å². The largest absolute Gasteiger partial charge is 0.466 e. The number of hydrogen-bond acceptors (Lipinski definition) is 4. The van der Waals surface area contributed by atoms with E-state index in [1.807, 2.05) is 0 Å². The van der Waals surface area contributed by atoms with Gasteiger partial charge in [0.15, 0.2) is 0 Å². The van der Waals surface area contributed by atoms with E-state index in [-0.39, 0.29) is 11.9 Å². The normalized spacial score (nSPS) is 12.0. The van der Waals surface area contributed by atoms with Crippen LogP contribution in [0.3, 0.4) is 0 Å². The average Bonchev–Trinajstić information content (AvgIpc) is 2.69. The molecule has 0 amide bonds. The second kappa shape index (κ2) is 20.7. The fraction of sp³-hybridized carbons (Fsp3) is 0.917. The number of carbonyl (C=O) groups is 2. The number of ether oxygens (including phenoxy) is 2. The monoisotopic (exact) mass is 398 g/mol. The third-order valence-electron chi connectivity index (χ3n) is 5.19. The molecule has 0 aliphatic carbocycles. The van der Waals surface area contributed by atoms with Gasteiger partial charge >= 0.3 is 11.9 Å². The van der Waals surface area contributed by atoms with Gasteiger partial charge in [0.2, 0.25) is 0 Å². The molecule has 0 saturated carbocycles. The maximum absolute atomic E-state index is 11.7. The smallest absolute Gasteiger partial charge is 0.305 e. The van der Waals surface area contributed by atoms with Crippen molar-refractivity contribution in [3.63, 3.8) is 0 Å². The van der Waals surface area contributed by atoms with E-state index in [1.165, 1.54) is 32.1 Å². The summed E-state index contributed by atoms with van der Waals surface area (Å²) in [6.45, 7) is 7.69. The molecule has 1 unspecified atom stereocenters. The lowest BCUT2D eigenvalue weighted by Gasteiger charge is -2.11. The summed E-state index contributed by atoms with van der Waals surface area (Å²) >= 11 is 0. The van der Waals surface area contributed by atoms with Crippen LogP contribution in [0.1, 0.15) is 124 Å². The predicted molar refractivity (Wildman–Crippen MR) is 116 cm³/mol. The highest BCUT2D eigenvalue weighted by molar-refractivity contribution is 5.69. The molecule has 166 valence electrons. The summed E-state index contributed by atoms with van der Waals surface area (Å²) in [6, 6.07) is 0. The summed E-state index contributed by atoms with van der Waals surface area (Å²) in [4.78, 5) is 23.2. The van der Waals surface area contributed by atoms with Crippen LogP contribution in [-0.2, 0) is 19.1 Å². The van der Waals surface area contributed by atoms with Crippen molar-refractivity contribution in [2.75, 3.05) is 13.2 Å². The van der Waals surface area contributed by atoms with E-state index in [4.69, 9.17) is 9.47 Å². The summed E-state index contributed by atoms with van der Waals surface area (Å²) in [5.41, 5.74) is 0. The molecular formula is C24H46O4. The van der Waals surface area contributed by atoms with Gasteiger partial charge in [-0.3, -0.25) is 9.59 Å². The highest BCUT2D eigenvalue weighted by atomic mass is 16.5. The Bertz CT molecular complexity index is 368. The highest BCUT2D eigenvalue weighted by Crippen LogP contribution is 2.17. The molecule has 0 aliphatic rings. The van der Waals surface area contributed by atoms with Crippen LogP contribution in [-0.4, -0.2) is 25.2 Å². The molecule has 0 rings (SSSR count). The molecule has 1 atom stereocenters. The van der Waals surface area contributed by atoms with E-state index in [1.54, 1.807) is 0 Å². The van der Waals surface area contributed by atoms with E-state index in [2.05, 4.69) is 20.8 Å². The maximum Gasteiger partial charge on any atom is 0.305 e. The van der Waals surface area contributed by atoms with Gasteiger partial charge in [0.1, 0.15) is 0 Å². The molecule has 0 spiro atoms. The van der Waals surface area contributed by atoms with Gasteiger partial charge < -0.3 is 9.47 Å². The van der Waals surface area contributed by atoms with E-state index in [9.17, 15) is 9.59 Å². The van der Waals surface area contributed by atoms with Crippen LogP contribution in [0.2, 0.25) is 0 Å². The number of unbranched alkanes of at least 4 members (excludes halogenated alkanes) is 9. The molecule has 28 heavy (non-hydrogen) atoms. The second-order valence-corrected chi connectivity index (χ2v) is 8.16. The van der Waals surface area contributed by atoms with E-state index in [0.717, 1.165) is 57.8 Å². The summed E-state index contributed by atoms with van der Waals surface area (Å²) in [6.07, 6.45) is 16.8. The molecule has 0 aromatic rings. The fourth-order valence-electron chi connectivity index (χ4n) is 3.20. The Morgan fingerprint density at radius 1 is 0.607 bits per heavy atom. The van der Waals surface area contributed by atoms with Gasteiger partial charge in [-0.15, -0.1) is 0 Å². The second-order valence-electron chi connectivity index (χ2n) is 8.16. The first-order valence-corrected chi connectivity index (χ1v) is 11.9. The Balaban J connectivity index is 3.36. The van der Waals surface area contributed by atoms with Gasteiger partial charge in [-0.1, -0.05) is 85.0 Å². The van der Waals surface area contributed by atoms with Crippen LogP contribution < -0.4 is 0 Å². The third kappa shape index (κ3) is 19.7. The van der Waals surface area contributed by atoms with Gasteiger partial charge in [-0.2, -0.15) is 0 Å². The Hall–Kier alpha value is -1.06. The summed E-state index contributed by atoms with van der Waals surface area (Å²) < 4.78 is 10.5. The van der Waals surface area contributed by atoms with Crippen molar-refractivity contribution in [3.05, 3.63) is 0 Å². The molecule has 0 saturated heterocycles. The molecule has 0 bridgehead atoms. The van der Waals surface area contributed by atoms with Crippen molar-refractivity contribution >= 4 is 11.9 Å². The van der Waals surface area contributed by atoms with Crippen LogP contribution in [0, 0.1) is 5.92 Å². The molecule has 0 heterocycles. The Morgan fingerprint density at radius 3 is 1.68 bits per heavy atom. The van der Waals surface area contributed by atoms with Gasteiger partial charge in [0.05, 0.1) is 13.2 Å². The Labute approximate surface area is 174 Å². The Kier molecular flexibility index (Phi) is 19.9. The zero-order chi connectivity index (χ0) is 20.9. The summed E-state index contributed by atoms with van der Waals surface area (Å²) in [5.74, 6) is 0.520. The number of carbonyl (C=O) groups excluding carboxylic acids is 2. The topological polar surface area (TPSA) is 52.6 Å². The van der Waals surface area contributed by atoms with Crippen LogP contribution in [0.5, 0.6) is 0 Å². The first kappa shape index (κ1) is 26.9. The minimum Gasteiger partial charge on any atom is -0.466 e. The van der Waals surface area contributed by atoms with Crippen LogP contribution in [0.4, 0.5) is 0 Å². The molecule has 0 aliphatic heterocycles. The lowest BCUT2D eigenvalue weighted by molar-refractivity contribution is -0.144. The average molecular weight is 399 g/mol. The van der Waals surface area contributed by atoms with Crippen molar-refractivity contribution in [1.82, 2.24) is 0 Å². The SMILES string of the molecule is CCCCCOC(=O)CCCCCCCCC(C)CCC(=O)OCCCCC. The number of hydrogen-bond donors (Lipinski definition) is 0. The van der Waals surface area contributed by atoms with Crippen molar-refractivity contribution in [2.45, 2.75) is 124 Å². The van der Waals surface area contributed by atoms with E-state index < -0.39 is 0 Å². The predicted octanol–water partition coefficient (Wildman–Crippen LogP) is 6.99. The quantitative estimate of drug-likeness (QED) is 0.164. The van der Waals surface area contributed by atoms with Gasteiger partial charge in [0.25, 0.3) is 0 Å². The lowest BCUT2D eigenvalue weighted by Crippen LogP contribution is -2.08. The molecule has 0 aromatic heterocycles. The fourth-order valence-corrected chi connectivity index (χ4v) is 3.20. The molecule has 4 heteroatoms. The zero-order valence-electron chi connectivity index (χ0n) is 18.9. The first-order chi connectivity index (χ1) is 13.6. The first-order valence-electron chi connectivity index (χ1n) is 11.9. The standard InChI is InChI=1S/C24H46O4/c1-4-6-14-20-27-23(25)17-13-11-9-8-10-12-16-22(3)18-19-24(26)28-21-15-7-5-2/h22H,4-21H2,1-3H3. The molecule has 0 N–H and O–H groups in total. The van der Waals surface area contributed by atoms with Crippen molar-refractivity contribution in [1.29, 1.82) is 0 Å². The van der Waals surface area contributed by atoms with Crippen molar-refractivity contribution in [2.24, 2.45) is 5.92 Å². The minimum atomic E-state index is -0.0353. The summed E-state index contributed by atoms with van der Waals surface area (Å²) in [5, 5.41) is 0. The van der Waals surface area contributed by atoms with Gasteiger partial charge in [0, 0.05) is 12.8 Å². The Morgan fingerprint density at radius 2 is 1.11 bits per heavy atom. The number of rotatable bonds is 20. The van der Waals surface area contributed by atoms with Crippen LogP contribution in [0.25, 0.3) is 0 Å². The van der Waals surface area contributed by atoms with Crippen molar-refractivity contribution in [3.8, 4) is 0 Å². The number of esters is 2. The molecule has 0 fully saturated rings. The highest BCUT2D eigenvalue weighted by Gasteiger charge is 2.08. The van der Waals surface area contributed by atoms with E-state index >= 15 is 0 Å². The molecule has 4 nitrogen and oxygen atoms in total. The van der Waals surface area contributed by atoms with Crippen LogP contribution in [0.15, 0.2) is 0 Å². The molecule has 0 radical (unpaired) electrons. The lowest BCUT2D eigenvalue weighted by atomic mass is 9.97. The zero-order valence-corrected chi connectivity index (χ0v) is 18.9. The van der Waals surface area contributed by atoms with E-state index in [0.29, 0.717) is 32.0 Å². The minimum absolute atomic E-state index is 0.0335. The van der Waals surface area contributed by atoms with Gasteiger partial charge in [-0.05, 0) is 31.6 Å². The maximum atomic E-state index is 11.7.